The Morgan fingerprint density at radius 1 is 1.12 bits per heavy atom. The molecular formula is C19H22N2O3S. The number of carbonyl (C=O) groups is 2. The first kappa shape index (κ1) is 17.5. The summed E-state index contributed by atoms with van der Waals surface area (Å²) in [7, 11) is 1.62. The van der Waals surface area contributed by atoms with Gasteiger partial charge in [0, 0.05) is 11.9 Å². The van der Waals surface area contributed by atoms with Gasteiger partial charge in [0.25, 0.3) is 11.8 Å². The van der Waals surface area contributed by atoms with Gasteiger partial charge in [-0.25, -0.2) is 0 Å². The van der Waals surface area contributed by atoms with Gasteiger partial charge in [-0.05, 0) is 43.4 Å². The van der Waals surface area contributed by atoms with Crippen molar-refractivity contribution in [3.8, 4) is 5.75 Å². The van der Waals surface area contributed by atoms with Crippen molar-refractivity contribution in [1.82, 2.24) is 5.32 Å². The maximum atomic E-state index is 12.4. The van der Waals surface area contributed by atoms with Crippen molar-refractivity contribution in [2.24, 2.45) is 0 Å². The van der Waals surface area contributed by atoms with Crippen LogP contribution in [0.25, 0.3) is 0 Å². The van der Waals surface area contributed by atoms with E-state index in [1.54, 1.807) is 19.2 Å². The lowest BCUT2D eigenvalue weighted by Crippen LogP contribution is -2.24. The number of hydrogen-bond acceptors (Lipinski definition) is 4. The average molecular weight is 358 g/mol. The monoisotopic (exact) mass is 358 g/mol. The SMILES string of the molecule is CNC(=O)c1c(NC(=O)COc2ccccc2)sc2c1CCCCC2. The van der Waals surface area contributed by atoms with Crippen molar-refractivity contribution in [3.05, 3.63) is 46.3 Å². The Bertz CT molecular complexity index is 756. The summed E-state index contributed by atoms with van der Waals surface area (Å²) in [4.78, 5) is 25.8. The molecular weight excluding hydrogens is 336 g/mol. The van der Waals surface area contributed by atoms with Gasteiger partial charge in [-0.15, -0.1) is 11.3 Å². The minimum absolute atomic E-state index is 0.0836. The summed E-state index contributed by atoms with van der Waals surface area (Å²) >= 11 is 1.52. The van der Waals surface area contributed by atoms with Crippen LogP contribution >= 0.6 is 11.3 Å². The van der Waals surface area contributed by atoms with Crippen LogP contribution in [0.2, 0.25) is 0 Å². The molecule has 5 nitrogen and oxygen atoms in total. The lowest BCUT2D eigenvalue weighted by molar-refractivity contribution is -0.118. The van der Waals surface area contributed by atoms with Gasteiger partial charge in [-0.3, -0.25) is 9.59 Å². The Morgan fingerprint density at radius 3 is 2.64 bits per heavy atom. The highest BCUT2D eigenvalue weighted by molar-refractivity contribution is 7.17. The van der Waals surface area contributed by atoms with E-state index in [0.29, 0.717) is 16.3 Å². The molecule has 1 aliphatic carbocycles. The highest BCUT2D eigenvalue weighted by Crippen LogP contribution is 2.37. The van der Waals surface area contributed by atoms with E-state index in [-0.39, 0.29) is 18.4 Å². The number of rotatable bonds is 5. The van der Waals surface area contributed by atoms with E-state index in [1.807, 2.05) is 18.2 Å². The van der Waals surface area contributed by atoms with Crippen LogP contribution in [0.3, 0.4) is 0 Å². The molecule has 1 aliphatic rings. The number of anilines is 1. The summed E-state index contributed by atoms with van der Waals surface area (Å²) in [6.45, 7) is -0.0836. The van der Waals surface area contributed by atoms with Crippen molar-refractivity contribution in [3.63, 3.8) is 0 Å². The second kappa shape index (κ2) is 8.16. The standard InChI is InChI=1S/C19H22N2O3S/c1-20-18(23)17-14-10-6-3-7-11-15(14)25-19(17)21-16(22)12-24-13-8-4-2-5-9-13/h2,4-5,8-9H,3,6-7,10-12H2,1H3,(H,20,23)(H,21,22). The third-order valence-electron chi connectivity index (χ3n) is 4.24. The number of aryl methyl sites for hydroxylation is 1. The first-order valence-electron chi connectivity index (χ1n) is 8.53. The average Bonchev–Trinajstić information content (AvgIpc) is 2.81. The molecule has 1 aromatic carbocycles. The third-order valence-corrected chi connectivity index (χ3v) is 5.45. The summed E-state index contributed by atoms with van der Waals surface area (Å²) in [6, 6.07) is 9.20. The normalized spacial score (nSPS) is 13.5. The lowest BCUT2D eigenvalue weighted by Gasteiger charge is -2.09. The molecule has 2 aromatic rings. The largest absolute Gasteiger partial charge is 0.484 e. The molecule has 0 aliphatic heterocycles. The van der Waals surface area contributed by atoms with Crippen LogP contribution in [-0.4, -0.2) is 25.5 Å². The Hall–Kier alpha value is -2.34. The van der Waals surface area contributed by atoms with E-state index < -0.39 is 0 Å². The molecule has 0 unspecified atom stereocenters. The van der Waals surface area contributed by atoms with Crippen LogP contribution in [0.15, 0.2) is 30.3 Å². The van der Waals surface area contributed by atoms with Crippen LogP contribution < -0.4 is 15.4 Å². The summed E-state index contributed by atoms with van der Waals surface area (Å²) in [5, 5.41) is 6.19. The van der Waals surface area contributed by atoms with E-state index in [0.717, 1.165) is 31.2 Å². The first-order chi connectivity index (χ1) is 12.2. The first-order valence-corrected chi connectivity index (χ1v) is 9.35. The molecule has 0 atom stereocenters. The van der Waals surface area contributed by atoms with Crippen molar-refractivity contribution in [1.29, 1.82) is 0 Å². The quantitative estimate of drug-likeness (QED) is 0.805. The smallest absolute Gasteiger partial charge is 0.262 e. The van der Waals surface area contributed by atoms with E-state index >= 15 is 0 Å². The van der Waals surface area contributed by atoms with Gasteiger partial charge in [0.1, 0.15) is 10.8 Å². The summed E-state index contributed by atoms with van der Waals surface area (Å²) < 4.78 is 5.48. The topological polar surface area (TPSA) is 67.4 Å². The number of hydrogen-bond donors (Lipinski definition) is 2. The van der Waals surface area contributed by atoms with E-state index in [4.69, 9.17) is 4.74 Å². The van der Waals surface area contributed by atoms with Gasteiger partial charge in [0.15, 0.2) is 6.61 Å². The molecule has 3 rings (SSSR count). The molecule has 6 heteroatoms. The van der Waals surface area contributed by atoms with E-state index in [1.165, 1.54) is 22.6 Å². The number of para-hydroxylation sites is 1. The van der Waals surface area contributed by atoms with Crippen LogP contribution in [0.1, 0.15) is 40.1 Å². The summed E-state index contributed by atoms with van der Waals surface area (Å²) in [5.41, 5.74) is 1.72. The Kier molecular flexibility index (Phi) is 5.71. The Labute approximate surface area is 151 Å². The zero-order valence-electron chi connectivity index (χ0n) is 14.3. The fourth-order valence-corrected chi connectivity index (χ4v) is 4.33. The number of carbonyl (C=O) groups excluding carboxylic acids is 2. The van der Waals surface area contributed by atoms with Gasteiger partial charge >= 0.3 is 0 Å². The molecule has 0 spiro atoms. The highest BCUT2D eigenvalue weighted by Gasteiger charge is 2.25. The fourth-order valence-electron chi connectivity index (χ4n) is 3.02. The van der Waals surface area contributed by atoms with Gasteiger partial charge in [0.05, 0.1) is 5.56 Å². The van der Waals surface area contributed by atoms with Crippen LogP contribution in [0.4, 0.5) is 5.00 Å². The highest BCUT2D eigenvalue weighted by atomic mass is 32.1. The van der Waals surface area contributed by atoms with E-state index in [9.17, 15) is 9.59 Å². The van der Waals surface area contributed by atoms with Crippen LogP contribution in [0.5, 0.6) is 5.75 Å². The van der Waals surface area contributed by atoms with Crippen LogP contribution in [0, 0.1) is 0 Å². The molecule has 0 radical (unpaired) electrons. The molecule has 0 fully saturated rings. The Balaban J connectivity index is 1.74. The number of ether oxygens (including phenoxy) is 1. The molecule has 2 N–H and O–H groups in total. The third kappa shape index (κ3) is 4.20. The minimum atomic E-state index is -0.259. The Morgan fingerprint density at radius 2 is 1.88 bits per heavy atom. The molecule has 0 bridgehead atoms. The maximum Gasteiger partial charge on any atom is 0.262 e. The van der Waals surface area contributed by atoms with Gasteiger partial charge in [0.2, 0.25) is 0 Å². The fraction of sp³-hybridized carbons (Fsp3) is 0.368. The van der Waals surface area contributed by atoms with Gasteiger partial charge in [-0.1, -0.05) is 24.6 Å². The molecule has 0 saturated carbocycles. The van der Waals surface area contributed by atoms with Crippen LogP contribution in [-0.2, 0) is 17.6 Å². The molecule has 0 saturated heterocycles. The molecule has 132 valence electrons. The molecule has 25 heavy (non-hydrogen) atoms. The summed E-state index contributed by atoms with van der Waals surface area (Å²) in [5.74, 6) is 0.246. The van der Waals surface area contributed by atoms with Crippen molar-refractivity contribution in [2.75, 3.05) is 19.0 Å². The summed E-state index contributed by atoms with van der Waals surface area (Å²) in [6.07, 6.45) is 5.26. The minimum Gasteiger partial charge on any atom is -0.484 e. The zero-order valence-corrected chi connectivity index (χ0v) is 15.1. The number of thiophene rings is 1. The number of benzene rings is 1. The number of amides is 2. The maximum absolute atomic E-state index is 12.4. The molecule has 2 amide bonds. The van der Waals surface area contributed by atoms with Crippen molar-refractivity contribution >= 4 is 28.2 Å². The van der Waals surface area contributed by atoms with Gasteiger partial charge in [-0.2, -0.15) is 0 Å². The van der Waals surface area contributed by atoms with Crippen molar-refractivity contribution in [2.45, 2.75) is 32.1 Å². The van der Waals surface area contributed by atoms with E-state index in [2.05, 4.69) is 10.6 Å². The van der Waals surface area contributed by atoms with Crippen molar-refractivity contribution < 1.29 is 14.3 Å². The molecule has 1 aromatic heterocycles. The second-order valence-electron chi connectivity index (χ2n) is 6.00. The lowest BCUT2D eigenvalue weighted by atomic mass is 10.0. The predicted molar refractivity (Wildman–Crippen MR) is 99.5 cm³/mol. The predicted octanol–water partition coefficient (Wildman–Crippen LogP) is 3.39. The number of fused-ring (bicyclic) bond motifs is 1. The molecule has 1 heterocycles. The zero-order chi connectivity index (χ0) is 17.6. The second-order valence-corrected chi connectivity index (χ2v) is 7.10. The van der Waals surface area contributed by atoms with Gasteiger partial charge < -0.3 is 15.4 Å². The number of nitrogens with one attached hydrogen (secondary N) is 2.